The van der Waals surface area contributed by atoms with Crippen LogP contribution in [0.5, 0.6) is 0 Å². The molecule has 1 aliphatic heterocycles. The number of hydrogen-bond acceptors (Lipinski definition) is 2. The molecule has 5 atom stereocenters. The summed E-state index contributed by atoms with van der Waals surface area (Å²) in [5.41, 5.74) is 4.10. The standard InChI is InChI=1S/C28H29ClN2O2/c1-28(2,3)15-8-13-18-20(14-15)23-24(25-22(18)19-6-4-5-7-21(19)30-25)27(33)31(26(23)32)17-11-9-16(29)10-12-17/h4-7,9-12,15,18,20,23-24,30H,8,13-14H2,1-3H3/t15-,18+,20+,23+,24-/m0/s1. The number of nitrogens with zero attached hydrogens (tertiary/aromatic N) is 1. The Bertz CT molecular complexity index is 1270. The van der Waals surface area contributed by atoms with Crippen LogP contribution in [0.3, 0.4) is 0 Å². The van der Waals surface area contributed by atoms with Crippen molar-refractivity contribution < 1.29 is 9.59 Å². The summed E-state index contributed by atoms with van der Waals surface area (Å²) in [7, 11) is 0. The quantitative estimate of drug-likeness (QED) is 0.413. The number of aromatic amines is 1. The van der Waals surface area contributed by atoms with Crippen LogP contribution in [0.25, 0.3) is 10.9 Å². The van der Waals surface area contributed by atoms with Crippen molar-refractivity contribution in [1.82, 2.24) is 4.98 Å². The zero-order valence-electron chi connectivity index (χ0n) is 19.3. The molecule has 6 rings (SSSR count). The second-order valence-corrected chi connectivity index (χ2v) is 11.6. The molecule has 4 nitrogen and oxygen atoms in total. The van der Waals surface area contributed by atoms with Gasteiger partial charge < -0.3 is 4.98 Å². The highest BCUT2D eigenvalue weighted by Crippen LogP contribution is 2.59. The molecule has 3 aliphatic rings. The Kier molecular flexibility index (Phi) is 4.58. The van der Waals surface area contributed by atoms with E-state index in [-0.39, 0.29) is 29.1 Å². The molecular weight excluding hydrogens is 432 g/mol. The number of para-hydroxylation sites is 1. The molecule has 2 amide bonds. The first-order valence-corrected chi connectivity index (χ1v) is 12.4. The van der Waals surface area contributed by atoms with E-state index >= 15 is 0 Å². The molecule has 0 radical (unpaired) electrons. The molecule has 1 N–H and O–H groups in total. The number of fused-ring (bicyclic) bond motifs is 8. The lowest BCUT2D eigenvalue weighted by Crippen LogP contribution is -2.41. The SMILES string of the molecule is CC(C)(C)[C@H]1CC[C@H]2c3c([nH]c4ccccc34)[C@H]3C(=O)N(c4ccc(Cl)cc4)C(=O)[C@@H]3[C@@H]2C1. The molecule has 1 aromatic heterocycles. The van der Waals surface area contributed by atoms with Gasteiger partial charge in [0.2, 0.25) is 11.8 Å². The van der Waals surface area contributed by atoms with Gasteiger partial charge in [0.1, 0.15) is 0 Å². The number of rotatable bonds is 1. The van der Waals surface area contributed by atoms with Crippen LogP contribution in [0, 0.1) is 23.2 Å². The molecule has 33 heavy (non-hydrogen) atoms. The van der Waals surface area contributed by atoms with Gasteiger partial charge in [-0.1, -0.05) is 50.6 Å². The predicted molar refractivity (Wildman–Crippen MR) is 132 cm³/mol. The Hall–Kier alpha value is -2.59. The van der Waals surface area contributed by atoms with Gasteiger partial charge in [-0.2, -0.15) is 0 Å². The number of H-pyrrole nitrogens is 1. The number of halogens is 1. The third kappa shape index (κ3) is 3.03. The summed E-state index contributed by atoms with van der Waals surface area (Å²) in [6.45, 7) is 6.91. The van der Waals surface area contributed by atoms with Gasteiger partial charge in [0.25, 0.3) is 0 Å². The largest absolute Gasteiger partial charge is 0.357 e. The van der Waals surface area contributed by atoms with Gasteiger partial charge in [-0.05, 0) is 78.3 Å². The van der Waals surface area contributed by atoms with E-state index in [1.165, 1.54) is 15.8 Å². The monoisotopic (exact) mass is 460 g/mol. The molecule has 2 aliphatic carbocycles. The second-order valence-electron chi connectivity index (χ2n) is 11.1. The average molecular weight is 461 g/mol. The Morgan fingerprint density at radius 1 is 0.970 bits per heavy atom. The molecule has 1 saturated carbocycles. The zero-order valence-corrected chi connectivity index (χ0v) is 20.0. The van der Waals surface area contributed by atoms with Crippen molar-refractivity contribution in [2.45, 2.75) is 51.9 Å². The molecule has 0 spiro atoms. The lowest BCUT2D eigenvalue weighted by Gasteiger charge is -2.47. The van der Waals surface area contributed by atoms with Gasteiger partial charge >= 0.3 is 0 Å². The minimum atomic E-state index is -0.449. The molecule has 5 heteroatoms. The van der Waals surface area contributed by atoms with Gasteiger partial charge in [0, 0.05) is 21.6 Å². The molecule has 0 bridgehead atoms. The predicted octanol–water partition coefficient (Wildman–Crippen LogP) is 6.65. The number of carbonyl (C=O) groups excluding carboxylic acids is 2. The zero-order chi connectivity index (χ0) is 23.1. The summed E-state index contributed by atoms with van der Waals surface area (Å²) in [6, 6.07) is 15.4. The van der Waals surface area contributed by atoms with Gasteiger partial charge in [-0.25, -0.2) is 4.90 Å². The van der Waals surface area contributed by atoms with E-state index in [2.05, 4.69) is 44.0 Å². The smallest absolute Gasteiger partial charge is 0.243 e. The number of hydrogen-bond donors (Lipinski definition) is 1. The summed E-state index contributed by atoms with van der Waals surface area (Å²) in [6.07, 6.45) is 3.21. The third-order valence-electron chi connectivity index (χ3n) is 8.48. The molecule has 1 saturated heterocycles. The number of amides is 2. The van der Waals surface area contributed by atoms with Crippen LogP contribution in [0.15, 0.2) is 48.5 Å². The number of imide groups is 1. The summed E-state index contributed by atoms with van der Waals surface area (Å²) in [5, 5.41) is 1.80. The fourth-order valence-electron chi connectivity index (χ4n) is 6.85. The molecule has 3 aromatic rings. The minimum Gasteiger partial charge on any atom is -0.357 e. The van der Waals surface area contributed by atoms with Gasteiger partial charge in [0.05, 0.1) is 17.5 Å². The fourth-order valence-corrected chi connectivity index (χ4v) is 6.97. The minimum absolute atomic E-state index is 0.0545. The lowest BCUT2D eigenvalue weighted by atomic mass is 9.56. The van der Waals surface area contributed by atoms with Crippen molar-refractivity contribution in [3.05, 3.63) is 64.8 Å². The van der Waals surface area contributed by atoms with E-state index in [4.69, 9.17) is 11.6 Å². The number of benzene rings is 2. The van der Waals surface area contributed by atoms with Crippen molar-refractivity contribution in [3.8, 4) is 0 Å². The van der Waals surface area contributed by atoms with Crippen molar-refractivity contribution in [2.75, 3.05) is 4.90 Å². The maximum Gasteiger partial charge on any atom is 0.243 e. The van der Waals surface area contributed by atoms with Crippen molar-refractivity contribution in [3.63, 3.8) is 0 Å². The van der Waals surface area contributed by atoms with Gasteiger partial charge in [-0.3, -0.25) is 9.59 Å². The highest BCUT2D eigenvalue weighted by atomic mass is 35.5. The van der Waals surface area contributed by atoms with Crippen LogP contribution in [-0.4, -0.2) is 16.8 Å². The molecular formula is C28H29ClN2O2. The van der Waals surface area contributed by atoms with Crippen LogP contribution in [0.2, 0.25) is 5.02 Å². The Morgan fingerprint density at radius 2 is 1.70 bits per heavy atom. The first kappa shape index (κ1) is 21.0. The first-order valence-electron chi connectivity index (χ1n) is 12.0. The molecule has 0 unspecified atom stereocenters. The lowest BCUT2D eigenvalue weighted by molar-refractivity contribution is -0.123. The van der Waals surface area contributed by atoms with E-state index in [1.54, 1.807) is 24.3 Å². The van der Waals surface area contributed by atoms with Crippen molar-refractivity contribution in [1.29, 1.82) is 0 Å². The Labute approximate surface area is 199 Å². The van der Waals surface area contributed by atoms with Crippen LogP contribution < -0.4 is 4.90 Å². The highest BCUT2D eigenvalue weighted by Gasteiger charge is 2.59. The van der Waals surface area contributed by atoms with Gasteiger partial charge in [-0.15, -0.1) is 0 Å². The van der Waals surface area contributed by atoms with Crippen LogP contribution >= 0.6 is 11.6 Å². The highest BCUT2D eigenvalue weighted by molar-refractivity contribution is 6.31. The number of anilines is 1. The normalized spacial score (nSPS) is 29.2. The van der Waals surface area contributed by atoms with Crippen LogP contribution in [-0.2, 0) is 9.59 Å². The maximum atomic E-state index is 13.9. The van der Waals surface area contributed by atoms with Crippen LogP contribution in [0.4, 0.5) is 5.69 Å². The topological polar surface area (TPSA) is 53.2 Å². The molecule has 170 valence electrons. The number of nitrogens with one attached hydrogen (secondary N) is 1. The number of carbonyl (C=O) groups is 2. The summed E-state index contributed by atoms with van der Waals surface area (Å²) in [4.78, 5) is 32.8. The molecule has 2 fully saturated rings. The number of aromatic nitrogens is 1. The van der Waals surface area contributed by atoms with Crippen LogP contribution in [0.1, 0.15) is 63.1 Å². The van der Waals surface area contributed by atoms with E-state index in [9.17, 15) is 9.59 Å². The Morgan fingerprint density at radius 3 is 2.42 bits per heavy atom. The van der Waals surface area contributed by atoms with Crippen molar-refractivity contribution in [2.24, 2.45) is 23.2 Å². The summed E-state index contributed by atoms with van der Waals surface area (Å²) in [5.74, 6) is 0.0853. The Balaban J connectivity index is 1.52. The van der Waals surface area contributed by atoms with E-state index < -0.39 is 5.92 Å². The second kappa shape index (κ2) is 7.20. The third-order valence-corrected chi connectivity index (χ3v) is 8.73. The van der Waals surface area contributed by atoms with Gasteiger partial charge in [0.15, 0.2) is 0 Å². The molecule has 2 heterocycles. The van der Waals surface area contributed by atoms with E-state index in [1.807, 2.05) is 6.07 Å². The molecule has 2 aromatic carbocycles. The van der Waals surface area contributed by atoms with E-state index in [0.29, 0.717) is 22.5 Å². The average Bonchev–Trinajstić information content (AvgIpc) is 3.29. The van der Waals surface area contributed by atoms with E-state index in [0.717, 1.165) is 30.5 Å². The first-order chi connectivity index (χ1) is 15.8. The van der Waals surface area contributed by atoms with Crippen molar-refractivity contribution >= 4 is 40.0 Å². The fraction of sp³-hybridized carbons (Fsp3) is 0.429. The summed E-state index contributed by atoms with van der Waals surface area (Å²) < 4.78 is 0. The summed E-state index contributed by atoms with van der Waals surface area (Å²) >= 11 is 6.08. The maximum absolute atomic E-state index is 13.9.